The van der Waals surface area contributed by atoms with Crippen LogP contribution in [-0.2, 0) is 9.59 Å². The number of hydrogen-bond acceptors (Lipinski definition) is 7. The van der Waals surface area contributed by atoms with Crippen LogP contribution in [0.25, 0.3) is 10.6 Å². The number of aromatic nitrogens is 2. The number of rotatable bonds is 5. The minimum absolute atomic E-state index is 0.0116. The highest BCUT2D eigenvalue weighted by atomic mass is 32.1. The van der Waals surface area contributed by atoms with E-state index in [-0.39, 0.29) is 29.1 Å². The number of benzene rings is 1. The number of pyridine rings is 1. The number of primary amides is 1. The number of piperidine rings is 1. The maximum absolute atomic E-state index is 13.2. The van der Waals surface area contributed by atoms with Gasteiger partial charge in [0.15, 0.2) is 0 Å². The Balaban J connectivity index is 1.53. The number of nitrogens with two attached hydrogens (primary N) is 1. The summed E-state index contributed by atoms with van der Waals surface area (Å²) in [7, 11) is 1.36. The van der Waals surface area contributed by atoms with Crippen molar-refractivity contribution in [1.82, 2.24) is 14.9 Å². The molecule has 0 spiro atoms. The van der Waals surface area contributed by atoms with E-state index in [4.69, 9.17) is 10.5 Å². The molecule has 2 aromatic heterocycles. The molecule has 2 atom stereocenters. The van der Waals surface area contributed by atoms with E-state index in [2.05, 4.69) is 22.2 Å². The van der Waals surface area contributed by atoms with Gasteiger partial charge >= 0.3 is 11.8 Å². The van der Waals surface area contributed by atoms with Gasteiger partial charge < -0.3 is 20.7 Å². The average molecular weight is 480 g/mol. The Hall–Kier alpha value is -3.79. The van der Waals surface area contributed by atoms with Gasteiger partial charge in [-0.05, 0) is 30.4 Å². The second-order valence-electron chi connectivity index (χ2n) is 8.21. The van der Waals surface area contributed by atoms with Crippen molar-refractivity contribution >= 4 is 34.7 Å². The third-order valence-corrected chi connectivity index (χ3v) is 6.64. The van der Waals surface area contributed by atoms with Gasteiger partial charge in [0, 0.05) is 23.7 Å². The lowest BCUT2D eigenvalue weighted by atomic mass is 9.89. The molecule has 0 saturated carbocycles. The summed E-state index contributed by atoms with van der Waals surface area (Å²) in [4.78, 5) is 47.6. The molecule has 1 fully saturated rings. The van der Waals surface area contributed by atoms with Gasteiger partial charge in [-0.15, -0.1) is 11.3 Å². The van der Waals surface area contributed by atoms with E-state index < -0.39 is 17.7 Å². The Kier molecular flexibility index (Phi) is 6.87. The van der Waals surface area contributed by atoms with Crippen molar-refractivity contribution in [3.05, 3.63) is 59.2 Å². The first-order valence-electron chi connectivity index (χ1n) is 10.8. The van der Waals surface area contributed by atoms with Gasteiger partial charge in [-0.2, -0.15) is 0 Å². The van der Waals surface area contributed by atoms with Crippen molar-refractivity contribution in [2.75, 3.05) is 19.0 Å². The summed E-state index contributed by atoms with van der Waals surface area (Å²) >= 11 is 1.56. The summed E-state index contributed by atoms with van der Waals surface area (Å²) in [6.45, 7) is 2.53. The molecule has 1 saturated heterocycles. The zero-order valence-electron chi connectivity index (χ0n) is 18.9. The number of amides is 3. The van der Waals surface area contributed by atoms with Crippen LogP contribution in [0.5, 0.6) is 5.88 Å². The van der Waals surface area contributed by atoms with E-state index in [1.54, 1.807) is 22.4 Å². The van der Waals surface area contributed by atoms with E-state index >= 15 is 0 Å². The van der Waals surface area contributed by atoms with E-state index in [9.17, 15) is 14.4 Å². The second kappa shape index (κ2) is 10.0. The first-order valence-corrected chi connectivity index (χ1v) is 11.7. The number of carbonyl (C=O) groups is 3. The summed E-state index contributed by atoms with van der Waals surface area (Å²) in [5.74, 6) is -1.88. The number of thiazole rings is 1. The zero-order chi connectivity index (χ0) is 24.2. The van der Waals surface area contributed by atoms with Crippen molar-refractivity contribution in [2.45, 2.75) is 25.8 Å². The summed E-state index contributed by atoms with van der Waals surface area (Å²) in [5, 5.41) is 5.39. The average Bonchev–Trinajstić information content (AvgIpc) is 3.38. The molecule has 3 aromatic rings. The normalized spacial score (nSPS) is 17.8. The van der Waals surface area contributed by atoms with Gasteiger partial charge in [-0.3, -0.25) is 14.4 Å². The van der Waals surface area contributed by atoms with E-state index in [1.165, 1.54) is 19.4 Å². The molecular formula is C24H25N5O4S. The Morgan fingerprint density at radius 1 is 1.18 bits per heavy atom. The SMILES string of the molecule is COc1ncc(NC(=O)C(=O)N2C[C@@H](C)CC[C@@H]2c2ccc(-c3nccs3)cc2)cc1C(N)=O. The number of anilines is 1. The maximum Gasteiger partial charge on any atom is 0.313 e. The smallest absolute Gasteiger partial charge is 0.313 e. The van der Waals surface area contributed by atoms with E-state index in [0.717, 1.165) is 29.0 Å². The zero-order valence-corrected chi connectivity index (χ0v) is 19.7. The topological polar surface area (TPSA) is 128 Å². The minimum Gasteiger partial charge on any atom is -0.480 e. The molecule has 3 heterocycles. The molecule has 4 rings (SSSR count). The molecule has 0 unspecified atom stereocenters. The summed E-state index contributed by atoms with van der Waals surface area (Å²) in [6.07, 6.45) is 4.78. The summed E-state index contributed by atoms with van der Waals surface area (Å²) in [6, 6.07) is 9.08. The molecule has 0 aliphatic carbocycles. The van der Waals surface area contributed by atoms with Crippen molar-refractivity contribution < 1.29 is 19.1 Å². The van der Waals surface area contributed by atoms with Crippen LogP contribution in [-0.4, -0.2) is 46.2 Å². The fraction of sp³-hybridized carbons (Fsp3) is 0.292. The van der Waals surface area contributed by atoms with Crippen LogP contribution in [0.2, 0.25) is 0 Å². The molecule has 1 aliphatic heterocycles. The fourth-order valence-electron chi connectivity index (χ4n) is 4.11. The van der Waals surface area contributed by atoms with Gasteiger partial charge in [0.05, 0.1) is 25.0 Å². The number of likely N-dealkylation sites (tertiary alicyclic amines) is 1. The number of hydrogen-bond donors (Lipinski definition) is 2. The highest BCUT2D eigenvalue weighted by Crippen LogP contribution is 2.34. The molecule has 3 N–H and O–H groups in total. The third kappa shape index (κ3) is 4.91. The van der Waals surface area contributed by atoms with Crippen LogP contribution in [0, 0.1) is 5.92 Å². The molecular weight excluding hydrogens is 454 g/mol. The lowest BCUT2D eigenvalue weighted by Gasteiger charge is -2.38. The first-order chi connectivity index (χ1) is 16.4. The van der Waals surface area contributed by atoms with Crippen molar-refractivity contribution in [1.29, 1.82) is 0 Å². The standard InChI is InChI=1S/C24H25N5O4S/c1-14-3-8-19(15-4-6-16(7-5-15)23-26-9-10-34-23)29(13-14)24(32)21(31)28-17-11-18(20(25)30)22(33-2)27-12-17/h4-7,9-12,14,19H,3,8,13H2,1-2H3,(H2,25,30)(H,28,31)/t14-,19+/m0/s1. The highest BCUT2D eigenvalue weighted by molar-refractivity contribution is 7.13. The van der Waals surface area contributed by atoms with Gasteiger partial charge in [-0.25, -0.2) is 9.97 Å². The molecule has 176 valence electrons. The largest absolute Gasteiger partial charge is 0.480 e. The van der Waals surface area contributed by atoms with E-state index in [1.807, 2.05) is 29.6 Å². The van der Waals surface area contributed by atoms with Crippen LogP contribution in [0.15, 0.2) is 48.1 Å². The number of nitrogens with zero attached hydrogens (tertiary/aromatic N) is 3. The number of ether oxygens (including phenoxy) is 1. The summed E-state index contributed by atoms with van der Waals surface area (Å²) in [5.41, 5.74) is 7.53. The van der Waals surface area contributed by atoms with E-state index in [0.29, 0.717) is 6.54 Å². The van der Waals surface area contributed by atoms with Gasteiger partial charge in [0.25, 0.3) is 5.91 Å². The van der Waals surface area contributed by atoms with Gasteiger partial charge in [0.2, 0.25) is 5.88 Å². The third-order valence-electron chi connectivity index (χ3n) is 5.82. The predicted octanol–water partition coefficient (Wildman–Crippen LogP) is 3.25. The number of methoxy groups -OCH3 is 1. The first kappa shape index (κ1) is 23.4. The fourth-order valence-corrected chi connectivity index (χ4v) is 4.76. The van der Waals surface area contributed by atoms with Gasteiger partial charge in [0.1, 0.15) is 10.6 Å². The molecule has 1 aromatic carbocycles. The Labute approximate surface area is 201 Å². The molecule has 10 heteroatoms. The van der Waals surface area contributed by atoms with Crippen molar-refractivity contribution in [3.8, 4) is 16.5 Å². The molecule has 9 nitrogen and oxygen atoms in total. The highest BCUT2D eigenvalue weighted by Gasteiger charge is 2.34. The lowest BCUT2D eigenvalue weighted by Crippen LogP contribution is -2.46. The second-order valence-corrected chi connectivity index (χ2v) is 9.11. The molecule has 34 heavy (non-hydrogen) atoms. The molecule has 0 radical (unpaired) electrons. The quantitative estimate of drug-likeness (QED) is 0.541. The molecule has 0 bridgehead atoms. The predicted molar refractivity (Wildman–Crippen MR) is 128 cm³/mol. The Bertz CT molecular complexity index is 1200. The van der Waals surface area contributed by atoms with Crippen LogP contribution < -0.4 is 15.8 Å². The van der Waals surface area contributed by atoms with Gasteiger partial charge in [-0.1, -0.05) is 31.2 Å². The Morgan fingerprint density at radius 3 is 2.59 bits per heavy atom. The molecule has 3 amide bonds. The van der Waals surface area contributed by atoms with Crippen LogP contribution in [0.1, 0.15) is 41.7 Å². The monoisotopic (exact) mass is 479 g/mol. The molecule has 1 aliphatic rings. The Morgan fingerprint density at radius 2 is 1.94 bits per heavy atom. The summed E-state index contributed by atoms with van der Waals surface area (Å²) < 4.78 is 5.01. The minimum atomic E-state index is -0.805. The van der Waals surface area contributed by atoms with Crippen LogP contribution >= 0.6 is 11.3 Å². The van der Waals surface area contributed by atoms with Crippen molar-refractivity contribution in [3.63, 3.8) is 0 Å². The van der Waals surface area contributed by atoms with Crippen LogP contribution in [0.4, 0.5) is 5.69 Å². The maximum atomic E-state index is 13.2. The number of nitrogens with one attached hydrogen (secondary N) is 1. The van der Waals surface area contributed by atoms with Crippen molar-refractivity contribution in [2.24, 2.45) is 11.7 Å². The number of carbonyl (C=O) groups excluding carboxylic acids is 3. The lowest BCUT2D eigenvalue weighted by molar-refractivity contribution is -0.146. The van der Waals surface area contributed by atoms with Crippen LogP contribution in [0.3, 0.4) is 0 Å².